The predicted molar refractivity (Wildman–Crippen MR) is 289 cm³/mol. The van der Waals surface area contributed by atoms with E-state index in [0.29, 0.717) is 6.42 Å². The molecule has 0 saturated carbocycles. The number of carbonyl (C=O) groups excluding carboxylic acids is 2. The average molecular weight is 983 g/mol. The zero-order valence-electron chi connectivity index (χ0n) is 44.9. The molecular weight excluding hydrogens is 870 g/mol. The molecule has 0 fully saturated rings. The highest BCUT2D eigenvalue weighted by molar-refractivity contribution is 7.47. The van der Waals surface area contributed by atoms with Crippen LogP contribution in [0.4, 0.5) is 0 Å². The predicted octanol–water partition coefficient (Wildman–Crippen LogP) is 18.2. The monoisotopic (exact) mass is 982 g/mol. The number of unbranched alkanes of at least 4 members (excludes halogenated alkanes) is 39. The summed E-state index contributed by atoms with van der Waals surface area (Å²) in [6, 6.07) is 0. The summed E-state index contributed by atoms with van der Waals surface area (Å²) in [6.45, 7) is 3.74. The van der Waals surface area contributed by atoms with Crippen molar-refractivity contribution in [3.8, 4) is 0 Å². The largest absolute Gasteiger partial charge is 0.472 e. The highest BCUT2D eigenvalue weighted by atomic mass is 31.2. The van der Waals surface area contributed by atoms with E-state index in [4.69, 9.17) is 24.3 Å². The minimum absolute atomic E-state index is 0.0528. The van der Waals surface area contributed by atoms with Crippen molar-refractivity contribution < 1.29 is 37.6 Å². The van der Waals surface area contributed by atoms with Crippen molar-refractivity contribution in [3.63, 3.8) is 0 Å². The van der Waals surface area contributed by atoms with Gasteiger partial charge >= 0.3 is 19.8 Å². The van der Waals surface area contributed by atoms with Gasteiger partial charge in [0.1, 0.15) is 6.61 Å². The summed E-state index contributed by atoms with van der Waals surface area (Å²) in [5.74, 6) is -0.829. The lowest BCUT2D eigenvalue weighted by molar-refractivity contribution is -0.161. The SMILES string of the molecule is CCCCC/C=C\C/C=C\CCCCCCCC(=O)OC(COC(=O)CCCCCCCCCCCCCCCCCCCCCCCCCCCCCCCCCC)COP(=O)(O)OCCN. The Morgan fingerprint density at radius 2 is 0.765 bits per heavy atom. The second kappa shape index (κ2) is 54.8. The van der Waals surface area contributed by atoms with Gasteiger partial charge in [-0.3, -0.25) is 18.6 Å². The molecule has 0 rings (SSSR count). The standard InChI is InChI=1S/C58H112NO8P/c1-3-5-7-9-11-13-15-17-19-20-21-22-23-24-25-26-27-28-29-30-31-32-33-34-35-37-38-40-42-44-46-48-50-57(60)64-54-56(55-66-68(62,63)65-53-52-59)67-58(61)51-49-47-45-43-41-39-36-18-16-14-12-10-8-6-4-2/h12,14,18,36,56H,3-11,13,15-17,19-35,37-55,59H2,1-2H3,(H,62,63)/b14-12-,36-18-. The second-order valence-corrected chi connectivity index (χ2v) is 21.3. The Morgan fingerprint density at radius 3 is 1.15 bits per heavy atom. The van der Waals surface area contributed by atoms with Gasteiger partial charge in [0.2, 0.25) is 0 Å². The normalized spacial score (nSPS) is 13.2. The molecule has 0 aromatic carbocycles. The number of esters is 2. The number of hydrogen-bond acceptors (Lipinski definition) is 8. The fourth-order valence-electron chi connectivity index (χ4n) is 8.73. The van der Waals surface area contributed by atoms with E-state index in [1.807, 2.05) is 0 Å². The Kier molecular flexibility index (Phi) is 53.6. The molecule has 0 spiro atoms. The molecule has 2 atom stereocenters. The molecule has 0 aromatic rings. The van der Waals surface area contributed by atoms with Crippen molar-refractivity contribution in [3.05, 3.63) is 24.3 Å². The maximum absolute atomic E-state index is 12.6. The number of carbonyl (C=O) groups is 2. The summed E-state index contributed by atoms with van der Waals surface area (Å²) < 4.78 is 33.0. The van der Waals surface area contributed by atoms with Crippen molar-refractivity contribution in [2.75, 3.05) is 26.4 Å². The lowest BCUT2D eigenvalue weighted by Gasteiger charge is -2.19. The molecule has 402 valence electrons. The maximum atomic E-state index is 12.6. The Labute approximate surface area is 421 Å². The van der Waals surface area contributed by atoms with E-state index in [1.165, 1.54) is 212 Å². The van der Waals surface area contributed by atoms with E-state index in [1.54, 1.807) is 0 Å². The van der Waals surface area contributed by atoms with Crippen LogP contribution in [0.2, 0.25) is 0 Å². The van der Waals surface area contributed by atoms with Crippen LogP contribution in [-0.4, -0.2) is 49.3 Å². The van der Waals surface area contributed by atoms with E-state index >= 15 is 0 Å². The molecule has 0 aromatic heterocycles. The van der Waals surface area contributed by atoms with Crippen LogP contribution in [0.15, 0.2) is 24.3 Å². The molecule has 0 aliphatic carbocycles. The summed E-state index contributed by atoms with van der Waals surface area (Å²) in [7, 11) is -4.38. The summed E-state index contributed by atoms with van der Waals surface area (Å²) in [5.41, 5.74) is 5.37. The number of nitrogens with two attached hydrogens (primary N) is 1. The van der Waals surface area contributed by atoms with Crippen LogP contribution in [0, 0.1) is 0 Å². The van der Waals surface area contributed by atoms with Crippen molar-refractivity contribution in [2.24, 2.45) is 5.73 Å². The molecule has 0 bridgehead atoms. The molecule has 0 aliphatic rings. The Balaban J connectivity index is 3.82. The first-order valence-corrected chi connectivity index (χ1v) is 30.8. The van der Waals surface area contributed by atoms with Crippen LogP contribution in [0.3, 0.4) is 0 Å². The molecule has 0 aliphatic heterocycles. The third kappa shape index (κ3) is 53.8. The lowest BCUT2D eigenvalue weighted by Crippen LogP contribution is -2.29. The van der Waals surface area contributed by atoms with Crippen LogP contribution >= 0.6 is 7.82 Å². The van der Waals surface area contributed by atoms with Gasteiger partial charge in [-0.2, -0.15) is 0 Å². The summed E-state index contributed by atoms with van der Waals surface area (Å²) in [6.07, 6.45) is 64.0. The number of ether oxygens (including phenoxy) is 2. The van der Waals surface area contributed by atoms with Gasteiger partial charge in [-0.25, -0.2) is 4.57 Å². The fraction of sp³-hybridized carbons (Fsp3) is 0.897. The third-order valence-corrected chi connectivity index (χ3v) is 14.1. The smallest absolute Gasteiger partial charge is 0.462 e. The second-order valence-electron chi connectivity index (χ2n) is 19.9. The van der Waals surface area contributed by atoms with Gasteiger partial charge in [-0.15, -0.1) is 0 Å². The topological polar surface area (TPSA) is 134 Å². The van der Waals surface area contributed by atoms with Gasteiger partial charge in [-0.1, -0.05) is 269 Å². The van der Waals surface area contributed by atoms with E-state index in [0.717, 1.165) is 57.8 Å². The van der Waals surface area contributed by atoms with Crippen LogP contribution in [-0.2, 0) is 32.7 Å². The molecule has 3 N–H and O–H groups in total. The average Bonchev–Trinajstić information content (AvgIpc) is 3.33. The van der Waals surface area contributed by atoms with Crippen LogP contribution in [0.1, 0.15) is 303 Å². The molecule has 0 saturated heterocycles. The first kappa shape index (κ1) is 66.5. The third-order valence-electron chi connectivity index (χ3n) is 13.1. The summed E-state index contributed by atoms with van der Waals surface area (Å²) in [5, 5.41) is 0. The van der Waals surface area contributed by atoms with E-state index in [-0.39, 0.29) is 38.6 Å². The first-order chi connectivity index (χ1) is 33.3. The molecule has 2 unspecified atom stereocenters. The highest BCUT2D eigenvalue weighted by Gasteiger charge is 2.26. The number of phosphoric ester groups is 1. The van der Waals surface area contributed by atoms with Crippen molar-refractivity contribution >= 4 is 19.8 Å². The van der Waals surface area contributed by atoms with Gasteiger partial charge in [-0.05, 0) is 44.9 Å². The minimum atomic E-state index is -4.38. The van der Waals surface area contributed by atoms with Gasteiger partial charge in [0.05, 0.1) is 13.2 Å². The van der Waals surface area contributed by atoms with Crippen molar-refractivity contribution in [1.29, 1.82) is 0 Å². The van der Waals surface area contributed by atoms with Gasteiger partial charge in [0.15, 0.2) is 6.10 Å². The quantitative estimate of drug-likeness (QED) is 0.0264. The molecule has 0 radical (unpaired) electrons. The van der Waals surface area contributed by atoms with E-state index in [2.05, 4.69) is 38.2 Å². The van der Waals surface area contributed by atoms with Crippen molar-refractivity contribution in [2.45, 2.75) is 309 Å². The van der Waals surface area contributed by atoms with Gasteiger partial charge in [0, 0.05) is 19.4 Å². The van der Waals surface area contributed by atoms with E-state index in [9.17, 15) is 19.0 Å². The lowest BCUT2D eigenvalue weighted by atomic mass is 10.0. The molecule has 0 heterocycles. The maximum Gasteiger partial charge on any atom is 0.472 e. The number of hydrogen-bond donors (Lipinski definition) is 2. The molecule has 9 nitrogen and oxygen atoms in total. The van der Waals surface area contributed by atoms with Crippen LogP contribution < -0.4 is 5.73 Å². The molecule has 0 amide bonds. The zero-order valence-corrected chi connectivity index (χ0v) is 45.8. The van der Waals surface area contributed by atoms with Crippen LogP contribution in [0.5, 0.6) is 0 Å². The Morgan fingerprint density at radius 1 is 0.441 bits per heavy atom. The fourth-order valence-corrected chi connectivity index (χ4v) is 9.49. The van der Waals surface area contributed by atoms with Crippen molar-refractivity contribution in [1.82, 2.24) is 0 Å². The summed E-state index contributed by atoms with van der Waals surface area (Å²) >= 11 is 0. The minimum Gasteiger partial charge on any atom is -0.462 e. The van der Waals surface area contributed by atoms with E-state index < -0.39 is 26.5 Å². The molecule has 10 heteroatoms. The zero-order chi connectivity index (χ0) is 49.5. The summed E-state index contributed by atoms with van der Waals surface area (Å²) in [4.78, 5) is 35.1. The highest BCUT2D eigenvalue weighted by Crippen LogP contribution is 2.43. The molecular formula is C58H112NO8P. The van der Waals surface area contributed by atoms with Gasteiger partial charge < -0.3 is 20.1 Å². The Hall–Kier alpha value is -1.51. The van der Waals surface area contributed by atoms with Crippen LogP contribution in [0.25, 0.3) is 0 Å². The number of allylic oxidation sites excluding steroid dienone is 4. The number of phosphoric acid groups is 1. The Bertz CT molecular complexity index is 1170. The van der Waals surface area contributed by atoms with Gasteiger partial charge in [0.25, 0.3) is 0 Å². The first-order valence-electron chi connectivity index (χ1n) is 29.3. The number of rotatable bonds is 56. The molecule has 68 heavy (non-hydrogen) atoms.